The van der Waals surface area contributed by atoms with Gasteiger partial charge in [0.15, 0.2) is 0 Å². The summed E-state index contributed by atoms with van der Waals surface area (Å²) < 4.78 is 18.9. The van der Waals surface area contributed by atoms with Crippen molar-refractivity contribution in [1.82, 2.24) is 0 Å². The number of carbonyl (C=O) groups is 2. The van der Waals surface area contributed by atoms with Gasteiger partial charge in [-0.1, -0.05) is 19.9 Å². The zero-order valence-corrected chi connectivity index (χ0v) is 18.7. The van der Waals surface area contributed by atoms with Crippen LogP contribution in [-0.4, -0.2) is 23.9 Å². The normalized spacial score (nSPS) is 17.9. The summed E-state index contributed by atoms with van der Waals surface area (Å²) in [5.41, 5.74) is 1.68. The van der Waals surface area contributed by atoms with Crippen molar-refractivity contribution >= 4 is 34.5 Å². The summed E-state index contributed by atoms with van der Waals surface area (Å²) in [6.07, 6.45) is 0. The van der Waals surface area contributed by atoms with Crippen LogP contribution in [0.25, 0.3) is 5.76 Å². The number of hydrogen-bond donors (Lipinski definition) is 1. The third-order valence-corrected chi connectivity index (χ3v) is 6.41. The van der Waals surface area contributed by atoms with Crippen LogP contribution in [0, 0.1) is 5.82 Å². The minimum atomic E-state index is -0.815. The number of ketones is 1. The molecule has 2 aromatic carbocycles. The molecule has 0 bridgehead atoms. The molecule has 7 heteroatoms. The van der Waals surface area contributed by atoms with Crippen LogP contribution in [0.5, 0.6) is 5.75 Å². The van der Waals surface area contributed by atoms with Crippen LogP contribution in [0.4, 0.5) is 10.1 Å². The van der Waals surface area contributed by atoms with Crippen molar-refractivity contribution in [2.24, 2.45) is 0 Å². The summed E-state index contributed by atoms with van der Waals surface area (Å²) in [4.78, 5) is 28.2. The predicted octanol–water partition coefficient (Wildman–Crippen LogP) is 5.65. The largest absolute Gasteiger partial charge is 0.507 e. The van der Waals surface area contributed by atoms with Crippen molar-refractivity contribution in [2.45, 2.75) is 25.8 Å². The Labute approximate surface area is 189 Å². The molecule has 1 saturated heterocycles. The summed E-state index contributed by atoms with van der Waals surface area (Å²) in [5.74, 6) is -1.46. The van der Waals surface area contributed by atoms with E-state index in [4.69, 9.17) is 4.74 Å². The number of anilines is 1. The second-order valence-electron chi connectivity index (χ2n) is 7.77. The van der Waals surface area contributed by atoms with Crippen LogP contribution in [-0.2, 0) is 9.59 Å². The molecule has 1 aromatic heterocycles. The highest BCUT2D eigenvalue weighted by molar-refractivity contribution is 7.10. The summed E-state index contributed by atoms with van der Waals surface area (Å²) in [6.45, 7) is 4.00. The second kappa shape index (κ2) is 8.59. The van der Waals surface area contributed by atoms with Gasteiger partial charge in [-0.15, -0.1) is 11.3 Å². The van der Waals surface area contributed by atoms with Crippen molar-refractivity contribution in [3.05, 3.63) is 87.4 Å². The third kappa shape index (κ3) is 3.69. The zero-order chi connectivity index (χ0) is 23.0. The van der Waals surface area contributed by atoms with Crippen molar-refractivity contribution in [1.29, 1.82) is 0 Å². The van der Waals surface area contributed by atoms with E-state index in [-0.39, 0.29) is 17.3 Å². The van der Waals surface area contributed by atoms with Crippen molar-refractivity contribution in [3.8, 4) is 5.75 Å². The lowest BCUT2D eigenvalue weighted by atomic mass is 9.95. The van der Waals surface area contributed by atoms with Crippen molar-refractivity contribution < 1.29 is 23.8 Å². The molecule has 5 nitrogen and oxygen atoms in total. The van der Waals surface area contributed by atoms with Crippen LogP contribution in [0.2, 0.25) is 0 Å². The Bertz CT molecular complexity index is 1200. The van der Waals surface area contributed by atoms with Gasteiger partial charge in [0, 0.05) is 16.1 Å². The van der Waals surface area contributed by atoms with Gasteiger partial charge >= 0.3 is 0 Å². The molecule has 0 spiro atoms. The van der Waals surface area contributed by atoms with E-state index in [0.717, 1.165) is 5.56 Å². The maximum atomic E-state index is 13.5. The number of thiophene rings is 1. The van der Waals surface area contributed by atoms with Gasteiger partial charge in [-0.2, -0.15) is 0 Å². The molecular weight excluding hydrogens is 429 g/mol. The smallest absolute Gasteiger partial charge is 0.300 e. The lowest BCUT2D eigenvalue weighted by molar-refractivity contribution is -0.132. The molecule has 0 aliphatic carbocycles. The van der Waals surface area contributed by atoms with Crippen molar-refractivity contribution in [2.75, 3.05) is 12.0 Å². The van der Waals surface area contributed by atoms with Gasteiger partial charge in [0.1, 0.15) is 23.4 Å². The van der Waals surface area contributed by atoms with E-state index in [1.165, 1.54) is 40.5 Å². The minimum Gasteiger partial charge on any atom is -0.507 e. The summed E-state index contributed by atoms with van der Waals surface area (Å²) in [7, 11) is 1.58. The predicted molar refractivity (Wildman–Crippen MR) is 123 cm³/mol. The van der Waals surface area contributed by atoms with E-state index < -0.39 is 23.5 Å². The molecule has 1 amide bonds. The first-order valence-corrected chi connectivity index (χ1v) is 11.0. The highest BCUT2D eigenvalue weighted by atomic mass is 32.1. The number of carbonyl (C=O) groups excluding carboxylic acids is 2. The minimum absolute atomic E-state index is 0.00153. The fourth-order valence-corrected chi connectivity index (χ4v) is 4.73. The fraction of sp³-hybridized carbons (Fsp3) is 0.200. The number of methoxy groups -OCH3 is 1. The van der Waals surface area contributed by atoms with Gasteiger partial charge in [0.2, 0.25) is 0 Å². The van der Waals surface area contributed by atoms with Crippen LogP contribution < -0.4 is 9.64 Å². The first-order valence-electron chi connectivity index (χ1n) is 10.1. The molecular formula is C25H22FNO4S. The molecule has 1 N–H and O–H groups in total. The molecule has 32 heavy (non-hydrogen) atoms. The number of ether oxygens (including phenoxy) is 1. The first kappa shape index (κ1) is 21.8. The maximum Gasteiger partial charge on any atom is 0.300 e. The number of aliphatic hydroxyl groups is 1. The molecule has 1 unspecified atom stereocenters. The number of halogens is 1. The van der Waals surface area contributed by atoms with Gasteiger partial charge in [0.05, 0.1) is 12.7 Å². The quantitative estimate of drug-likeness (QED) is 0.309. The van der Waals surface area contributed by atoms with E-state index in [0.29, 0.717) is 21.9 Å². The highest BCUT2D eigenvalue weighted by Gasteiger charge is 2.47. The maximum absolute atomic E-state index is 13.5. The van der Waals surface area contributed by atoms with Gasteiger partial charge in [-0.05, 0) is 65.4 Å². The number of nitrogens with zero attached hydrogens (tertiary/aromatic N) is 1. The Morgan fingerprint density at radius 1 is 1.12 bits per heavy atom. The Hall–Kier alpha value is -3.45. The molecule has 1 aliphatic rings. The third-order valence-electron chi connectivity index (χ3n) is 5.49. The second-order valence-corrected chi connectivity index (χ2v) is 8.75. The van der Waals surface area contributed by atoms with E-state index in [1.54, 1.807) is 31.4 Å². The highest BCUT2D eigenvalue weighted by Crippen LogP contribution is 2.44. The zero-order valence-electron chi connectivity index (χ0n) is 17.8. The van der Waals surface area contributed by atoms with E-state index in [1.807, 2.05) is 25.3 Å². The van der Waals surface area contributed by atoms with Gasteiger partial charge in [-0.3, -0.25) is 14.5 Å². The number of benzene rings is 2. The average Bonchev–Trinajstić information content (AvgIpc) is 3.40. The molecule has 4 rings (SSSR count). The Kier molecular flexibility index (Phi) is 5.84. The SMILES string of the molecule is COc1ccc(/C(O)=C2/C(=O)C(=O)N(c3ccc(F)cc3)C2c2cccs2)cc1C(C)C. The van der Waals surface area contributed by atoms with Gasteiger partial charge in [0.25, 0.3) is 11.7 Å². The van der Waals surface area contributed by atoms with Gasteiger partial charge < -0.3 is 9.84 Å². The summed E-state index contributed by atoms with van der Waals surface area (Å²) in [5, 5.41) is 13.1. The molecule has 164 valence electrons. The van der Waals surface area contributed by atoms with Crippen LogP contribution >= 0.6 is 11.3 Å². The number of hydrogen-bond acceptors (Lipinski definition) is 5. The van der Waals surface area contributed by atoms with Crippen LogP contribution in [0.1, 0.15) is 41.8 Å². The van der Waals surface area contributed by atoms with Crippen molar-refractivity contribution in [3.63, 3.8) is 0 Å². The molecule has 1 atom stereocenters. The van der Waals surface area contributed by atoms with Gasteiger partial charge in [-0.25, -0.2) is 4.39 Å². The Balaban J connectivity index is 1.91. The summed E-state index contributed by atoms with van der Waals surface area (Å²) in [6, 6.07) is 13.3. The lowest BCUT2D eigenvalue weighted by Gasteiger charge is -2.24. The molecule has 3 aromatic rings. The monoisotopic (exact) mass is 451 g/mol. The molecule has 0 saturated carbocycles. The number of aliphatic hydroxyl groups excluding tert-OH is 1. The number of Topliss-reactive ketones (excluding diaryl/α,β-unsaturated/α-hetero) is 1. The van der Waals surface area contributed by atoms with E-state index in [2.05, 4.69) is 0 Å². The molecule has 1 fully saturated rings. The van der Waals surface area contributed by atoms with Crippen LogP contribution in [0.3, 0.4) is 0 Å². The average molecular weight is 452 g/mol. The number of rotatable bonds is 5. The summed E-state index contributed by atoms with van der Waals surface area (Å²) >= 11 is 1.37. The first-order chi connectivity index (χ1) is 15.3. The lowest BCUT2D eigenvalue weighted by Crippen LogP contribution is -2.29. The van der Waals surface area contributed by atoms with E-state index in [9.17, 15) is 19.1 Å². The topological polar surface area (TPSA) is 66.8 Å². The standard InChI is InChI=1S/C25H22FNO4S/c1-14(2)18-13-15(6-11-19(18)31-3)23(28)21-22(20-5-4-12-32-20)27(25(30)24(21)29)17-9-7-16(26)8-10-17/h4-14,22,28H,1-3H3/b23-21-. The molecule has 0 radical (unpaired) electrons. The molecule has 2 heterocycles. The Morgan fingerprint density at radius 2 is 1.84 bits per heavy atom. The Morgan fingerprint density at radius 3 is 2.44 bits per heavy atom. The fourth-order valence-electron chi connectivity index (χ4n) is 3.90. The number of amides is 1. The van der Waals surface area contributed by atoms with Crippen LogP contribution in [0.15, 0.2) is 65.6 Å². The molecule has 1 aliphatic heterocycles. The van der Waals surface area contributed by atoms with E-state index >= 15 is 0 Å².